The number of fused-ring (bicyclic) bond motifs is 2. The van der Waals surface area contributed by atoms with Crippen LogP contribution in [0.3, 0.4) is 0 Å². The number of rotatable bonds is 2. The molecule has 0 aliphatic carbocycles. The van der Waals surface area contributed by atoms with Gasteiger partial charge in [0.1, 0.15) is 5.82 Å². The Kier molecular flexibility index (Phi) is 4.80. The number of thiocarbonyl (C=S) groups is 1. The van der Waals surface area contributed by atoms with E-state index in [4.69, 9.17) is 12.2 Å². The zero-order valence-electron chi connectivity index (χ0n) is 13.2. The summed E-state index contributed by atoms with van der Waals surface area (Å²) in [5, 5.41) is 6.95. The highest BCUT2D eigenvalue weighted by atomic mass is 32.1. The molecule has 124 valence electrons. The molecule has 2 fully saturated rings. The maximum atomic E-state index is 13.3. The molecule has 2 saturated heterocycles. The zero-order valence-corrected chi connectivity index (χ0v) is 14.0. The zero-order chi connectivity index (χ0) is 16.4. The number of hydrogen-bond acceptors (Lipinski definition) is 2. The van der Waals surface area contributed by atoms with E-state index in [1.54, 1.807) is 12.1 Å². The lowest BCUT2D eigenvalue weighted by Crippen LogP contribution is -2.60. The molecule has 4 nitrogen and oxygen atoms in total. The Balaban J connectivity index is 1.67. The minimum atomic E-state index is -0.385. The van der Waals surface area contributed by atoms with Crippen molar-refractivity contribution in [2.75, 3.05) is 7.05 Å². The SMILES string of the molecule is CNC(=S)N1[C@@H]2CCC[C@@H]1CC(NC(=O)c1cccc(F)c1)C2. The largest absolute Gasteiger partial charge is 0.366 e. The van der Waals surface area contributed by atoms with Crippen LogP contribution in [0.4, 0.5) is 4.39 Å². The number of carbonyl (C=O) groups excluding carboxylic acids is 1. The molecule has 0 saturated carbocycles. The molecule has 0 spiro atoms. The molecular weight excluding hydrogens is 313 g/mol. The molecule has 1 aromatic rings. The van der Waals surface area contributed by atoms with E-state index in [1.165, 1.54) is 18.6 Å². The lowest BCUT2D eigenvalue weighted by atomic mass is 9.82. The molecule has 0 unspecified atom stereocenters. The molecule has 2 aliphatic heterocycles. The standard InChI is InChI=1S/C17H22FN3OS/c1-19-17(23)21-14-6-3-7-15(21)10-13(9-14)20-16(22)11-4-2-5-12(18)8-11/h2,4-5,8,13-15H,3,6-7,9-10H2,1H3,(H,19,23)(H,20,22)/t14-,15-/m1/s1. The maximum Gasteiger partial charge on any atom is 0.251 e. The molecule has 2 bridgehead atoms. The number of piperidine rings is 2. The summed E-state index contributed by atoms with van der Waals surface area (Å²) in [5.41, 5.74) is 0.378. The van der Waals surface area contributed by atoms with E-state index in [1.807, 2.05) is 7.05 Å². The minimum Gasteiger partial charge on any atom is -0.366 e. The summed E-state index contributed by atoms with van der Waals surface area (Å²) in [6.07, 6.45) is 5.19. The molecule has 23 heavy (non-hydrogen) atoms. The van der Waals surface area contributed by atoms with Crippen LogP contribution >= 0.6 is 12.2 Å². The van der Waals surface area contributed by atoms with Crippen molar-refractivity contribution in [1.82, 2.24) is 15.5 Å². The maximum absolute atomic E-state index is 13.3. The summed E-state index contributed by atoms with van der Waals surface area (Å²) in [6.45, 7) is 0. The normalized spacial score (nSPS) is 26.5. The molecule has 6 heteroatoms. The van der Waals surface area contributed by atoms with Crippen molar-refractivity contribution < 1.29 is 9.18 Å². The average molecular weight is 335 g/mol. The van der Waals surface area contributed by atoms with Gasteiger partial charge in [0.2, 0.25) is 0 Å². The third-order valence-electron chi connectivity index (χ3n) is 4.85. The quantitative estimate of drug-likeness (QED) is 0.815. The lowest BCUT2D eigenvalue weighted by molar-refractivity contribution is 0.0742. The molecule has 3 rings (SSSR count). The molecular formula is C17H22FN3OS. The van der Waals surface area contributed by atoms with Gasteiger partial charge in [-0.25, -0.2) is 4.39 Å². The van der Waals surface area contributed by atoms with Gasteiger partial charge in [-0.2, -0.15) is 0 Å². The first-order chi connectivity index (χ1) is 11.1. The van der Waals surface area contributed by atoms with Gasteiger partial charge in [-0.15, -0.1) is 0 Å². The van der Waals surface area contributed by atoms with Crippen molar-refractivity contribution >= 4 is 23.2 Å². The van der Waals surface area contributed by atoms with E-state index < -0.39 is 0 Å². The topological polar surface area (TPSA) is 44.4 Å². The second kappa shape index (κ2) is 6.83. The van der Waals surface area contributed by atoms with Gasteiger partial charge < -0.3 is 15.5 Å². The first-order valence-electron chi connectivity index (χ1n) is 8.15. The second-order valence-electron chi connectivity index (χ2n) is 6.35. The molecule has 2 aliphatic rings. The van der Waals surface area contributed by atoms with Crippen LogP contribution in [0, 0.1) is 5.82 Å². The fraction of sp³-hybridized carbons (Fsp3) is 0.529. The van der Waals surface area contributed by atoms with E-state index >= 15 is 0 Å². The predicted octanol–water partition coefficient (Wildman–Crippen LogP) is 2.45. The van der Waals surface area contributed by atoms with Crippen LogP contribution in [0.5, 0.6) is 0 Å². The second-order valence-corrected chi connectivity index (χ2v) is 6.74. The Bertz CT molecular complexity index is 595. The average Bonchev–Trinajstić information content (AvgIpc) is 2.53. The van der Waals surface area contributed by atoms with Gasteiger partial charge in [0.15, 0.2) is 5.11 Å². The van der Waals surface area contributed by atoms with Crippen LogP contribution in [0.15, 0.2) is 24.3 Å². The highest BCUT2D eigenvalue weighted by molar-refractivity contribution is 7.80. The predicted molar refractivity (Wildman–Crippen MR) is 91.8 cm³/mol. The first kappa shape index (κ1) is 16.2. The number of nitrogens with one attached hydrogen (secondary N) is 2. The number of hydrogen-bond donors (Lipinski definition) is 2. The first-order valence-corrected chi connectivity index (χ1v) is 8.56. The number of benzene rings is 1. The summed E-state index contributed by atoms with van der Waals surface area (Å²) in [4.78, 5) is 14.6. The van der Waals surface area contributed by atoms with E-state index in [-0.39, 0.29) is 17.8 Å². The molecule has 0 radical (unpaired) electrons. The third-order valence-corrected chi connectivity index (χ3v) is 5.26. The smallest absolute Gasteiger partial charge is 0.251 e. The van der Waals surface area contributed by atoms with E-state index in [0.29, 0.717) is 17.6 Å². The van der Waals surface area contributed by atoms with Crippen molar-refractivity contribution in [2.24, 2.45) is 0 Å². The van der Waals surface area contributed by atoms with E-state index in [0.717, 1.165) is 30.8 Å². The van der Waals surface area contributed by atoms with Crippen molar-refractivity contribution in [3.05, 3.63) is 35.6 Å². The Labute approximate surface area is 141 Å². The lowest BCUT2D eigenvalue weighted by Gasteiger charge is -2.50. The summed E-state index contributed by atoms with van der Waals surface area (Å²) in [6, 6.07) is 6.70. The van der Waals surface area contributed by atoms with Crippen LogP contribution in [0.25, 0.3) is 0 Å². The molecule has 1 aromatic carbocycles. The van der Waals surface area contributed by atoms with Gasteiger partial charge in [-0.3, -0.25) is 4.79 Å². The number of nitrogens with zero attached hydrogens (tertiary/aromatic N) is 1. The number of halogens is 1. The van der Waals surface area contributed by atoms with Crippen LogP contribution in [0.2, 0.25) is 0 Å². The van der Waals surface area contributed by atoms with Gasteiger partial charge in [-0.1, -0.05) is 6.07 Å². The van der Waals surface area contributed by atoms with Crippen molar-refractivity contribution in [3.63, 3.8) is 0 Å². The highest BCUT2D eigenvalue weighted by Crippen LogP contribution is 2.34. The van der Waals surface area contributed by atoms with Gasteiger partial charge in [0.05, 0.1) is 0 Å². The van der Waals surface area contributed by atoms with Crippen molar-refractivity contribution in [1.29, 1.82) is 0 Å². The number of amides is 1. The molecule has 2 heterocycles. The minimum absolute atomic E-state index is 0.122. The van der Waals surface area contributed by atoms with E-state index in [9.17, 15) is 9.18 Å². The van der Waals surface area contributed by atoms with Gasteiger partial charge in [-0.05, 0) is 62.5 Å². The third kappa shape index (κ3) is 3.47. The summed E-state index contributed by atoms with van der Waals surface area (Å²) in [7, 11) is 1.86. The molecule has 2 atom stereocenters. The Morgan fingerprint density at radius 1 is 1.30 bits per heavy atom. The molecule has 1 amide bonds. The monoisotopic (exact) mass is 335 g/mol. The summed E-state index contributed by atoms with van der Waals surface area (Å²) >= 11 is 5.43. The fourth-order valence-corrected chi connectivity index (χ4v) is 4.16. The van der Waals surface area contributed by atoms with Gasteiger partial charge >= 0.3 is 0 Å². The Morgan fingerprint density at radius 2 is 2.00 bits per heavy atom. The van der Waals surface area contributed by atoms with Crippen molar-refractivity contribution in [3.8, 4) is 0 Å². The van der Waals surface area contributed by atoms with Crippen LogP contribution in [-0.2, 0) is 0 Å². The Morgan fingerprint density at radius 3 is 2.61 bits per heavy atom. The van der Waals surface area contributed by atoms with Crippen molar-refractivity contribution in [2.45, 2.75) is 50.2 Å². The van der Waals surface area contributed by atoms with Gasteiger partial charge in [0, 0.05) is 30.7 Å². The van der Waals surface area contributed by atoms with Crippen LogP contribution in [0.1, 0.15) is 42.5 Å². The highest BCUT2D eigenvalue weighted by Gasteiger charge is 2.39. The number of carbonyl (C=O) groups is 1. The summed E-state index contributed by atoms with van der Waals surface area (Å²) < 4.78 is 13.3. The fourth-order valence-electron chi connectivity index (χ4n) is 3.86. The van der Waals surface area contributed by atoms with E-state index in [2.05, 4.69) is 15.5 Å². The van der Waals surface area contributed by atoms with Crippen LogP contribution in [-0.4, -0.2) is 41.1 Å². The van der Waals surface area contributed by atoms with Gasteiger partial charge in [0.25, 0.3) is 5.91 Å². The van der Waals surface area contributed by atoms with Crippen LogP contribution < -0.4 is 10.6 Å². The summed E-state index contributed by atoms with van der Waals surface area (Å²) in [5.74, 6) is -0.582. The Hall–Kier alpha value is -1.69. The molecule has 0 aromatic heterocycles. The molecule has 2 N–H and O–H groups in total.